The Morgan fingerprint density at radius 3 is 2.60 bits per heavy atom. The van der Waals surface area contributed by atoms with Gasteiger partial charge in [0.05, 0.1) is 9.75 Å². The number of carboxylic acids is 1. The molecule has 2 heterocycles. The SMILES string of the molecule is CCN(CC(=O)O)C(=O)c1ccc(-c2ccc(C)o2)s1. The zero-order valence-corrected chi connectivity index (χ0v) is 12.1. The maximum absolute atomic E-state index is 12.2. The third-order valence-electron chi connectivity index (χ3n) is 2.80. The molecule has 0 fully saturated rings. The number of carbonyl (C=O) groups excluding carboxylic acids is 1. The fourth-order valence-electron chi connectivity index (χ4n) is 1.80. The highest BCUT2D eigenvalue weighted by Gasteiger charge is 2.19. The molecule has 0 bridgehead atoms. The predicted molar refractivity (Wildman–Crippen MR) is 76.0 cm³/mol. The monoisotopic (exact) mass is 293 g/mol. The van der Waals surface area contributed by atoms with Gasteiger partial charge in [-0.25, -0.2) is 0 Å². The molecule has 0 spiro atoms. The Bertz CT molecular complexity index is 629. The van der Waals surface area contributed by atoms with E-state index in [9.17, 15) is 9.59 Å². The van der Waals surface area contributed by atoms with Crippen molar-refractivity contribution >= 4 is 23.2 Å². The minimum absolute atomic E-state index is 0.269. The molecule has 1 N–H and O–H groups in total. The van der Waals surface area contributed by atoms with Gasteiger partial charge in [-0.3, -0.25) is 9.59 Å². The summed E-state index contributed by atoms with van der Waals surface area (Å²) < 4.78 is 5.51. The molecule has 2 rings (SSSR count). The molecule has 0 aliphatic heterocycles. The Morgan fingerprint density at radius 2 is 2.05 bits per heavy atom. The molecule has 1 amide bonds. The predicted octanol–water partition coefficient (Wildman–Crippen LogP) is 2.86. The van der Waals surface area contributed by atoms with Gasteiger partial charge in [-0.2, -0.15) is 0 Å². The quantitative estimate of drug-likeness (QED) is 0.920. The molecule has 0 radical (unpaired) electrons. The van der Waals surface area contributed by atoms with E-state index in [1.807, 2.05) is 25.1 Å². The lowest BCUT2D eigenvalue weighted by molar-refractivity contribution is -0.137. The van der Waals surface area contributed by atoms with E-state index in [0.717, 1.165) is 10.6 Å². The first-order valence-corrected chi connectivity index (χ1v) is 7.00. The molecule has 2 aromatic heterocycles. The molecular formula is C14H15NO4S. The third-order valence-corrected chi connectivity index (χ3v) is 3.88. The summed E-state index contributed by atoms with van der Waals surface area (Å²) in [6.45, 7) is 3.68. The number of rotatable bonds is 5. The molecule has 6 heteroatoms. The summed E-state index contributed by atoms with van der Waals surface area (Å²) >= 11 is 1.30. The lowest BCUT2D eigenvalue weighted by Crippen LogP contribution is -2.34. The standard InChI is InChI=1S/C14H15NO4S/c1-3-15(8-13(16)17)14(18)12-7-6-11(20-12)10-5-4-9(2)19-10/h4-7H,3,8H2,1-2H3,(H,16,17). The number of likely N-dealkylation sites (N-methyl/N-ethyl adjacent to an activating group) is 1. The van der Waals surface area contributed by atoms with E-state index in [2.05, 4.69) is 0 Å². The number of thiophene rings is 1. The lowest BCUT2D eigenvalue weighted by Gasteiger charge is -2.17. The van der Waals surface area contributed by atoms with Crippen LogP contribution in [0.1, 0.15) is 22.4 Å². The Kier molecular flexibility index (Phi) is 4.24. The lowest BCUT2D eigenvalue weighted by atomic mass is 10.3. The molecule has 106 valence electrons. The van der Waals surface area contributed by atoms with Crippen molar-refractivity contribution in [2.45, 2.75) is 13.8 Å². The normalized spacial score (nSPS) is 10.5. The van der Waals surface area contributed by atoms with Crippen molar-refractivity contribution in [3.63, 3.8) is 0 Å². The van der Waals surface area contributed by atoms with Gasteiger partial charge in [0.2, 0.25) is 0 Å². The van der Waals surface area contributed by atoms with Crippen molar-refractivity contribution in [3.05, 3.63) is 34.9 Å². The second kappa shape index (κ2) is 5.92. The van der Waals surface area contributed by atoms with Crippen LogP contribution in [0.3, 0.4) is 0 Å². The molecule has 2 aromatic rings. The van der Waals surface area contributed by atoms with Gasteiger partial charge in [0, 0.05) is 6.54 Å². The first kappa shape index (κ1) is 14.3. The first-order valence-electron chi connectivity index (χ1n) is 6.19. The summed E-state index contributed by atoms with van der Waals surface area (Å²) in [6, 6.07) is 7.22. The number of hydrogen-bond acceptors (Lipinski definition) is 4. The van der Waals surface area contributed by atoms with E-state index in [1.165, 1.54) is 16.2 Å². The maximum atomic E-state index is 12.2. The molecule has 5 nitrogen and oxygen atoms in total. The van der Waals surface area contributed by atoms with Crippen molar-refractivity contribution in [1.29, 1.82) is 0 Å². The van der Waals surface area contributed by atoms with E-state index >= 15 is 0 Å². The highest BCUT2D eigenvalue weighted by atomic mass is 32.1. The number of furan rings is 1. The number of carbonyl (C=O) groups is 2. The number of aryl methyl sites for hydroxylation is 1. The molecule has 0 saturated heterocycles. The molecule has 0 aliphatic rings. The Balaban J connectivity index is 2.19. The number of hydrogen-bond donors (Lipinski definition) is 1. The fourth-order valence-corrected chi connectivity index (χ4v) is 2.73. The van der Waals surface area contributed by atoms with E-state index in [-0.39, 0.29) is 12.5 Å². The average molecular weight is 293 g/mol. The van der Waals surface area contributed by atoms with Crippen LogP contribution in [0.5, 0.6) is 0 Å². The van der Waals surface area contributed by atoms with Crippen molar-refractivity contribution in [2.75, 3.05) is 13.1 Å². The van der Waals surface area contributed by atoms with E-state index in [1.54, 1.807) is 13.0 Å². The highest BCUT2D eigenvalue weighted by molar-refractivity contribution is 7.17. The zero-order valence-electron chi connectivity index (χ0n) is 11.3. The summed E-state index contributed by atoms with van der Waals surface area (Å²) in [5, 5.41) is 8.79. The smallest absolute Gasteiger partial charge is 0.323 e. The summed E-state index contributed by atoms with van der Waals surface area (Å²) in [7, 11) is 0. The number of amides is 1. The van der Waals surface area contributed by atoms with E-state index in [0.29, 0.717) is 17.2 Å². The van der Waals surface area contributed by atoms with Crippen LogP contribution in [0.25, 0.3) is 10.6 Å². The van der Waals surface area contributed by atoms with Gasteiger partial charge in [-0.1, -0.05) is 0 Å². The maximum Gasteiger partial charge on any atom is 0.323 e. The highest BCUT2D eigenvalue weighted by Crippen LogP contribution is 2.30. The van der Waals surface area contributed by atoms with Crippen molar-refractivity contribution in [3.8, 4) is 10.6 Å². The Morgan fingerprint density at radius 1 is 1.30 bits per heavy atom. The van der Waals surface area contributed by atoms with Crippen LogP contribution in [0.2, 0.25) is 0 Å². The van der Waals surface area contributed by atoms with Gasteiger partial charge >= 0.3 is 5.97 Å². The van der Waals surface area contributed by atoms with Crippen LogP contribution in [0, 0.1) is 6.92 Å². The molecule has 0 aromatic carbocycles. The molecule has 0 unspecified atom stereocenters. The second-order valence-corrected chi connectivity index (χ2v) is 5.37. The van der Waals surface area contributed by atoms with Crippen molar-refractivity contribution in [1.82, 2.24) is 4.90 Å². The largest absolute Gasteiger partial charge is 0.480 e. The van der Waals surface area contributed by atoms with Crippen molar-refractivity contribution in [2.24, 2.45) is 0 Å². The minimum Gasteiger partial charge on any atom is -0.480 e. The van der Waals surface area contributed by atoms with Crippen LogP contribution in [0.4, 0.5) is 0 Å². The molecular weight excluding hydrogens is 278 g/mol. The van der Waals surface area contributed by atoms with Gasteiger partial charge in [0.25, 0.3) is 5.91 Å². The Hall–Kier alpha value is -2.08. The first-order chi connectivity index (χ1) is 9.51. The summed E-state index contributed by atoms with van der Waals surface area (Å²) in [4.78, 5) is 25.6. The summed E-state index contributed by atoms with van der Waals surface area (Å²) in [5.41, 5.74) is 0. The number of carboxylic acid groups (broad SMARTS) is 1. The molecule has 0 saturated carbocycles. The van der Waals surface area contributed by atoms with Crippen LogP contribution in [-0.2, 0) is 4.79 Å². The minimum atomic E-state index is -1.02. The van der Waals surface area contributed by atoms with Gasteiger partial charge < -0.3 is 14.4 Å². The van der Waals surface area contributed by atoms with Crippen LogP contribution in [-0.4, -0.2) is 35.0 Å². The van der Waals surface area contributed by atoms with E-state index < -0.39 is 5.97 Å². The van der Waals surface area contributed by atoms with Gasteiger partial charge in [0.1, 0.15) is 18.1 Å². The molecule has 20 heavy (non-hydrogen) atoms. The topological polar surface area (TPSA) is 70.8 Å². The van der Waals surface area contributed by atoms with Gasteiger partial charge in [0.15, 0.2) is 0 Å². The van der Waals surface area contributed by atoms with Gasteiger partial charge in [-0.15, -0.1) is 11.3 Å². The second-order valence-electron chi connectivity index (χ2n) is 4.29. The third kappa shape index (κ3) is 3.08. The average Bonchev–Trinajstić information content (AvgIpc) is 3.03. The van der Waals surface area contributed by atoms with Gasteiger partial charge in [-0.05, 0) is 38.1 Å². The van der Waals surface area contributed by atoms with Crippen LogP contribution < -0.4 is 0 Å². The number of aliphatic carboxylic acids is 1. The van der Waals surface area contributed by atoms with Crippen LogP contribution in [0.15, 0.2) is 28.7 Å². The van der Waals surface area contributed by atoms with Crippen molar-refractivity contribution < 1.29 is 19.1 Å². The summed E-state index contributed by atoms with van der Waals surface area (Å²) in [5.74, 6) is 0.239. The zero-order chi connectivity index (χ0) is 14.7. The fraction of sp³-hybridized carbons (Fsp3) is 0.286. The van der Waals surface area contributed by atoms with Crippen LogP contribution >= 0.6 is 11.3 Å². The Labute approximate surface area is 120 Å². The molecule has 0 atom stereocenters. The molecule has 0 aliphatic carbocycles. The van der Waals surface area contributed by atoms with E-state index in [4.69, 9.17) is 9.52 Å². The number of nitrogens with zero attached hydrogens (tertiary/aromatic N) is 1. The summed E-state index contributed by atoms with van der Waals surface area (Å²) in [6.07, 6.45) is 0.